The van der Waals surface area contributed by atoms with E-state index in [-0.39, 0.29) is 6.61 Å². The van der Waals surface area contributed by atoms with Crippen molar-refractivity contribution in [1.29, 1.82) is 0 Å². The second-order valence-electron chi connectivity index (χ2n) is 3.48. The van der Waals surface area contributed by atoms with Gasteiger partial charge in [-0.1, -0.05) is 35.9 Å². The van der Waals surface area contributed by atoms with Gasteiger partial charge < -0.3 is 14.9 Å². The number of aliphatic hydroxyl groups is 1. The summed E-state index contributed by atoms with van der Waals surface area (Å²) in [6.45, 7) is 3.03. The zero-order chi connectivity index (χ0) is 14.0. The molecule has 1 aromatic rings. The molecule has 0 heterocycles. The zero-order valence-corrected chi connectivity index (χ0v) is 10.5. The maximum atomic E-state index is 10.7. The molecule has 2 N–H and O–H groups in total. The second kappa shape index (κ2) is 9.18. The molecular formula is C13H18O5. The van der Waals surface area contributed by atoms with Crippen molar-refractivity contribution in [3.8, 4) is 0 Å². The summed E-state index contributed by atoms with van der Waals surface area (Å²) < 4.78 is 4.38. The molecule has 0 radical (unpaired) electrons. The van der Waals surface area contributed by atoms with E-state index in [1.54, 1.807) is 6.92 Å². The van der Waals surface area contributed by atoms with Crippen LogP contribution in [0.4, 0.5) is 0 Å². The first kappa shape index (κ1) is 16.1. The van der Waals surface area contributed by atoms with Gasteiger partial charge in [-0.3, -0.25) is 9.59 Å². The lowest BCUT2D eigenvalue weighted by molar-refractivity contribution is -0.160. The maximum Gasteiger partial charge on any atom is 0.322 e. The third-order valence-electron chi connectivity index (χ3n) is 1.99. The molecule has 100 valence electrons. The molecule has 0 aliphatic carbocycles. The first-order valence-electron chi connectivity index (χ1n) is 5.54. The number of aliphatic hydroxyl groups excluding tert-OH is 1. The summed E-state index contributed by atoms with van der Waals surface area (Å²) in [5.41, 5.74) is 1.32. The fourth-order valence-electron chi connectivity index (χ4n) is 1.03. The first-order valence-corrected chi connectivity index (χ1v) is 5.54. The Labute approximate surface area is 106 Å². The molecule has 0 saturated heterocycles. The molecule has 0 bridgehead atoms. The Bertz CT molecular complexity index is 361. The van der Waals surface area contributed by atoms with Gasteiger partial charge in [-0.15, -0.1) is 0 Å². The quantitative estimate of drug-likeness (QED) is 0.623. The fraction of sp³-hybridized carbons (Fsp3) is 0.385. The third-order valence-corrected chi connectivity index (χ3v) is 1.99. The fourth-order valence-corrected chi connectivity index (χ4v) is 1.03. The summed E-state index contributed by atoms with van der Waals surface area (Å²) in [7, 11) is 0. The van der Waals surface area contributed by atoms with Crippen molar-refractivity contribution < 1.29 is 24.5 Å². The van der Waals surface area contributed by atoms with Gasteiger partial charge in [-0.05, 0) is 13.8 Å². The topological polar surface area (TPSA) is 83.8 Å². The summed E-state index contributed by atoms with van der Waals surface area (Å²) in [5, 5.41) is 16.7. The number of rotatable bonds is 4. The van der Waals surface area contributed by atoms with Gasteiger partial charge >= 0.3 is 11.9 Å². The Morgan fingerprint density at radius 1 is 1.28 bits per heavy atom. The number of carboxylic acid groups (broad SMARTS) is 1. The molecule has 0 aliphatic rings. The lowest BCUT2D eigenvalue weighted by atomic mass is 10.2. The molecule has 5 nitrogen and oxygen atoms in total. The van der Waals surface area contributed by atoms with Gasteiger partial charge in [0.2, 0.25) is 0 Å². The Hall–Kier alpha value is -1.88. The maximum absolute atomic E-state index is 10.7. The third kappa shape index (κ3) is 6.65. The van der Waals surface area contributed by atoms with Gasteiger partial charge in [-0.2, -0.15) is 0 Å². The molecule has 1 unspecified atom stereocenters. The van der Waals surface area contributed by atoms with Crippen LogP contribution < -0.4 is 0 Å². The number of hydrogen-bond acceptors (Lipinski definition) is 4. The Balaban J connectivity index is 0.000000351. The Morgan fingerprint density at radius 3 is 2.11 bits per heavy atom. The monoisotopic (exact) mass is 254 g/mol. The highest BCUT2D eigenvalue weighted by atomic mass is 16.5. The van der Waals surface area contributed by atoms with Crippen LogP contribution in [0.15, 0.2) is 30.3 Å². The number of hydrogen-bond donors (Lipinski definition) is 2. The zero-order valence-electron chi connectivity index (χ0n) is 10.5. The first-order chi connectivity index (χ1) is 8.52. The van der Waals surface area contributed by atoms with Crippen molar-refractivity contribution in [1.82, 2.24) is 0 Å². The van der Waals surface area contributed by atoms with Crippen molar-refractivity contribution in [2.75, 3.05) is 13.2 Å². The van der Waals surface area contributed by atoms with Crippen molar-refractivity contribution in [3.63, 3.8) is 0 Å². The van der Waals surface area contributed by atoms with Crippen molar-refractivity contribution in [2.45, 2.75) is 13.8 Å². The summed E-state index contributed by atoms with van der Waals surface area (Å²) in [4.78, 5) is 20.8. The second-order valence-corrected chi connectivity index (χ2v) is 3.48. The normalized spacial score (nSPS) is 10.8. The molecule has 18 heavy (non-hydrogen) atoms. The van der Waals surface area contributed by atoms with Crippen LogP contribution >= 0.6 is 0 Å². The largest absolute Gasteiger partial charge is 0.481 e. The van der Waals surface area contributed by atoms with Gasteiger partial charge in [0.25, 0.3) is 0 Å². The number of benzene rings is 1. The SMILES string of the molecule is CCOC(=O)C(CO)C(=O)O.Cc1ccccc1. The van der Waals surface area contributed by atoms with Crippen LogP contribution in [0.3, 0.4) is 0 Å². The summed E-state index contributed by atoms with van der Waals surface area (Å²) in [5.74, 6) is -3.72. The van der Waals surface area contributed by atoms with E-state index in [2.05, 4.69) is 23.8 Å². The van der Waals surface area contributed by atoms with E-state index in [1.807, 2.05) is 18.2 Å². The molecule has 0 saturated carbocycles. The summed E-state index contributed by atoms with van der Waals surface area (Å²) in [6, 6.07) is 10.3. The van der Waals surface area contributed by atoms with Gasteiger partial charge in [0, 0.05) is 0 Å². The molecule has 1 rings (SSSR count). The molecule has 1 aromatic carbocycles. The molecule has 1 atom stereocenters. The van der Waals surface area contributed by atoms with Gasteiger partial charge in [0.05, 0.1) is 13.2 Å². The van der Waals surface area contributed by atoms with Crippen LogP contribution in [0, 0.1) is 12.8 Å². The standard InChI is InChI=1S/C7H8.C6H10O5/c1-7-5-3-2-4-6-7;1-2-11-6(10)4(3-7)5(8)9/h2-6H,1H3;4,7H,2-3H2,1H3,(H,8,9). The molecule has 0 aliphatic heterocycles. The van der Waals surface area contributed by atoms with E-state index < -0.39 is 24.5 Å². The highest BCUT2D eigenvalue weighted by Gasteiger charge is 2.26. The number of ether oxygens (including phenoxy) is 1. The number of carbonyl (C=O) groups is 2. The summed E-state index contributed by atoms with van der Waals surface area (Å²) >= 11 is 0. The van der Waals surface area contributed by atoms with Gasteiger partial charge in [-0.25, -0.2) is 0 Å². The number of aryl methyl sites for hydroxylation is 1. The molecule has 5 heteroatoms. The number of aliphatic carboxylic acids is 1. The lowest BCUT2D eigenvalue weighted by Crippen LogP contribution is -2.28. The number of esters is 1. The van der Waals surface area contributed by atoms with Crippen LogP contribution in [0.25, 0.3) is 0 Å². The van der Waals surface area contributed by atoms with Crippen LogP contribution in [0.2, 0.25) is 0 Å². The average Bonchev–Trinajstić information content (AvgIpc) is 2.31. The predicted octanol–water partition coefficient (Wildman–Crippen LogP) is 1.24. The minimum absolute atomic E-state index is 0.114. The highest BCUT2D eigenvalue weighted by molar-refractivity contribution is 5.94. The van der Waals surface area contributed by atoms with E-state index in [9.17, 15) is 9.59 Å². The summed E-state index contributed by atoms with van der Waals surface area (Å²) in [6.07, 6.45) is 0. The van der Waals surface area contributed by atoms with Crippen LogP contribution in [0.1, 0.15) is 12.5 Å². The van der Waals surface area contributed by atoms with E-state index in [0.717, 1.165) is 0 Å². The van der Waals surface area contributed by atoms with E-state index in [0.29, 0.717) is 0 Å². The predicted molar refractivity (Wildman–Crippen MR) is 66.0 cm³/mol. The van der Waals surface area contributed by atoms with Crippen LogP contribution in [-0.2, 0) is 14.3 Å². The Kier molecular flexibility index (Phi) is 8.22. The molecule has 0 fully saturated rings. The number of carbonyl (C=O) groups excluding carboxylic acids is 1. The van der Waals surface area contributed by atoms with Crippen LogP contribution in [0.5, 0.6) is 0 Å². The smallest absolute Gasteiger partial charge is 0.322 e. The van der Waals surface area contributed by atoms with E-state index in [1.165, 1.54) is 5.56 Å². The molecule has 0 spiro atoms. The Morgan fingerprint density at radius 2 is 1.83 bits per heavy atom. The van der Waals surface area contributed by atoms with Gasteiger partial charge in [0.15, 0.2) is 5.92 Å². The van der Waals surface area contributed by atoms with Crippen LogP contribution in [-0.4, -0.2) is 35.4 Å². The van der Waals surface area contributed by atoms with Crippen molar-refractivity contribution in [2.24, 2.45) is 5.92 Å². The molecular weight excluding hydrogens is 236 g/mol. The van der Waals surface area contributed by atoms with Gasteiger partial charge in [0.1, 0.15) is 0 Å². The molecule has 0 amide bonds. The molecule has 0 aromatic heterocycles. The average molecular weight is 254 g/mol. The van der Waals surface area contributed by atoms with E-state index in [4.69, 9.17) is 10.2 Å². The van der Waals surface area contributed by atoms with Crippen molar-refractivity contribution in [3.05, 3.63) is 35.9 Å². The lowest BCUT2D eigenvalue weighted by Gasteiger charge is -2.06. The highest BCUT2D eigenvalue weighted by Crippen LogP contribution is 1.98. The minimum atomic E-state index is -1.45. The minimum Gasteiger partial charge on any atom is -0.481 e. The van der Waals surface area contributed by atoms with Crippen molar-refractivity contribution >= 4 is 11.9 Å². The number of carboxylic acids is 1. The van der Waals surface area contributed by atoms with E-state index >= 15 is 0 Å².